The van der Waals surface area contributed by atoms with Gasteiger partial charge in [0, 0.05) is 10.9 Å². The van der Waals surface area contributed by atoms with Gasteiger partial charge in [-0.2, -0.15) is 0 Å². The van der Waals surface area contributed by atoms with Crippen LogP contribution in [0.15, 0.2) is 16.6 Å². The van der Waals surface area contributed by atoms with Crippen LogP contribution >= 0.6 is 27.5 Å². The van der Waals surface area contributed by atoms with E-state index in [1.807, 2.05) is 0 Å². The first-order chi connectivity index (χ1) is 8.09. The van der Waals surface area contributed by atoms with Crippen molar-refractivity contribution >= 4 is 27.5 Å². The van der Waals surface area contributed by atoms with Crippen LogP contribution in [0.25, 0.3) is 0 Å². The molecule has 0 spiro atoms. The van der Waals surface area contributed by atoms with Crippen molar-refractivity contribution in [3.05, 3.63) is 22.2 Å². The molecule has 0 bridgehead atoms. The molecule has 0 saturated heterocycles. The molecule has 94 valence electrons. The Bertz CT molecular complexity index is 415. The molecular formula is C11H10BrClF2O2. The maximum Gasteiger partial charge on any atom is 0.258 e. The molecule has 0 aromatic heterocycles. The van der Waals surface area contributed by atoms with Crippen molar-refractivity contribution in [3.8, 4) is 11.5 Å². The van der Waals surface area contributed by atoms with Crippen molar-refractivity contribution in [2.24, 2.45) is 0 Å². The summed E-state index contributed by atoms with van der Waals surface area (Å²) in [6.45, 7) is 1.06. The highest BCUT2D eigenvalue weighted by Crippen LogP contribution is 2.40. The van der Waals surface area contributed by atoms with Crippen molar-refractivity contribution in [2.45, 2.75) is 18.2 Å². The number of hydrogen-bond donors (Lipinski definition) is 0. The minimum absolute atomic E-state index is 0.311. The van der Waals surface area contributed by atoms with E-state index in [1.165, 1.54) is 6.07 Å². The van der Waals surface area contributed by atoms with Crippen molar-refractivity contribution in [1.29, 1.82) is 0 Å². The number of alkyl halides is 3. The van der Waals surface area contributed by atoms with Crippen molar-refractivity contribution in [2.75, 3.05) is 13.2 Å². The van der Waals surface area contributed by atoms with Crippen LogP contribution in [-0.4, -0.2) is 19.6 Å². The second-order valence-electron chi connectivity index (χ2n) is 3.61. The quantitative estimate of drug-likeness (QED) is 0.760. The van der Waals surface area contributed by atoms with Crippen LogP contribution in [0.4, 0.5) is 8.78 Å². The first-order valence-electron chi connectivity index (χ1n) is 5.11. The molecule has 0 fully saturated rings. The Hall–Kier alpha value is -0.550. The minimum Gasteiger partial charge on any atom is -0.490 e. The van der Waals surface area contributed by atoms with E-state index in [4.69, 9.17) is 21.1 Å². The predicted molar refractivity (Wildman–Crippen MR) is 64.3 cm³/mol. The molecule has 17 heavy (non-hydrogen) atoms. The fraction of sp³-hybridized carbons (Fsp3) is 0.455. The van der Waals surface area contributed by atoms with Gasteiger partial charge in [0.05, 0.1) is 13.2 Å². The summed E-state index contributed by atoms with van der Waals surface area (Å²) in [5, 5.41) is -1.36. The summed E-state index contributed by atoms with van der Waals surface area (Å²) in [7, 11) is 0. The standard InChI is InChI=1S/C11H10BrClF2O2/c12-7-5-9-8(16-2-1-3-17-9)4-6(7)10(13)11(14)15/h4-5,10-11H,1-3H2. The highest BCUT2D eigenvalue weighted by molar-refractivity contribution is 9.10. The molecule has 0 aliphatic carbocycles. The van der Waals surface area contributed by atoms with E-state index in [-0.39, 0.29) is 0 Å². The van der Waals surface area contributed by atoms with E-state index >= 15 is 0 Å². The lowest BCUT2D eigenvalue weighted by Crippen LogP contribution is -2.04. The van der Waals surface area contributed by atoms with Gasteiger partial charge in [0.25, 0.3) is 6.43 Å². The third kappa shape index (κ3) is 2.83. The van der Waals surface area contributed by atoms with Crippen LogP contribution in [0.2, 0.25) is 0 Å². The number of ether oxygens (including phenoxy) is 2. The van der Waals surface area contributed by atoms with E-state index in [0.717, 1.165) is 6.42 Å². The van der Waals surface area contributed by atoms with Crippen LogP contribution in [0.5, 0.6) is 11.5 Å². The highest BCUT2D eigenvalue weighted by Gasteiger charge is 2.24. The third-order valence-corrected chi connectivity index (χ3v) is 3.50. The number of rotatable bonds is 2. The van der Waals surface area contributed by atoms with Crippen molar-refractivity contribution < 1.29 is 18.3 Å². The molecule has 0 radical (unpaired) electrons. The molecule has 0 saturated carbocycles. The van der Waals surface area contributed by atoms with Gasteiger partial charge >= 0.3 is 0 Å². The second kappa shape index (κ2) is 5.40. The molecule has 1 aromatic rings. The van der Waals surface area contributed by atoms with Crippen LogP contribution in [0.1, 0.15) is 17.4 Å². The molecule has 1 aliphatic rings. The van der Waals surface area contributed by atoms with E-state index in [0.29, 0.717) is 34.7 Å². The minimum atomic E-state index is -2.63. The Morgan fingerprint density at radius 3 is 2.35 bits per heavy atom. The van der Waals surface area contributed by atoms with Gasteiger partial charge in [-0.05, 0) is 17.7 Å². The molecule has 2 nitrogen and oxygen atoms in total. The van der Waals surface area contributed by atoms with Gasteiger partial charge in [0.2, 0.25) is 0 Å². The van der Waals surface area contributed by atoms with Gasteiger partial charge in [-0.3, -0.25) is 0 Å². The Morgan fingerprint density at radius 2 is 1.76 bits per heavy atom. The van der Waals surface area contributed by atoms with E-state index in [9.17, 15) is 8.78 Å². The Balaban J connectivity index is 2.38. The zero-order valence-electron chi connectivity index (χ0n) is 8.76. The van der Waals surface area contributed by atoms with Crippen molar-refractivity contribution in [1.82, 2.24) is 0 Å². The fourth-order valence-corrected chi connectivity index (χ4v) is 2.43. The van der Waals surface area contributed by atoms with Gasteiger partial charge in [-0.25, -0.2) is 8.78 Å². The number of hydrogen-bond acceptors (Lipinski definition) is 2. The molecule has 1 unspecified atom stereocenters. The van der Waals surface area contributed by atoms with Gasteiger partial charge in [-0.15, -0.1) is 11.6 Å². The summed E-state index contributed by atoms with van der Waals surface area (Å²) in [6.07, 6.45) is -1.86. The lowest BCUT2D eigenvalue weighted by Gasteiger charge is -2.14. The lowest BCUT2D eigenvalue weighted by atomic mass is 10.1. The maximum absolute atomic E-state index is 12.6. The zero-order valence-corrected chi connectivity index (χ0v) is 11.1. The number of halogens is 4. The van der Waals surface area contributed by atoms with Gasteiger partial charge in [0.15, 0.2) is 11.5 Å². The van der Waals surface area contributed by atoms with E-state index < -0.39 is 11.8 Å². The van der Waals surface area contributed by atoms with Crippen LogP contribution in [0, 0.1) is 0 Å². The summed E-state index contributed by atoms with van der Waals surface area (Å²) >= 11 is 8.87. The molecular weight excluding hydrogens is 317 g/mol. The molecule has 1 atom stereocenters. The second-order valence-corrected chi connectivity index (χ2v) is 4.93. The summed E-state index contributed by atoms with van der Waals surface area (Å²) in [6, 6.07) is 3.13. The van der Waals surface area contributed by atoms with Gasteiger partial charge in [-0.1, -0.05) is 15.9 Å². The average Bonchev–Trinajstić information content (AvgIpc) is 2.51. The molecule has 1 heterocycles. The normalized spacial score (nSPS) is 16.8. The first-order valence-corrected chi connectivity index (χ1v) is 6.34. The number of fused-ring (bicyclic) bond motifs is 1. The van der Waals surface area contributed by atoms with Gasteiger partial charge < -0.3 is 9.47 Å². The van der Waals surface area contributed by atoms with Crippen LogP contribution in [0.3, 0.4) is 0 Å². The van der Waals surface area contributed by atoms with Gasteiger partial charge in [0.1, 0.15) is 5.38 Å². The smallest absolute Gasteiger partial charge is 0.258 e. The summed E-state index contributed by atoms with van der Waals surface area (Å²) in [4.78, 5) is 0. The van der Waals surface area contributed by atoms with E-state index in [2.05, 4.69) is 15.9 Å². The molecule has 0 N–H and O–H groups in total. The van der Waals surface area contributed by atoms with E-state index in [1.54, 1.807) is 6.07 Å². The molecule has 6 heteroatoms. The van der Waals surface area contributed by atoms with Crippen molar-refractivity contribution in [3.63, 3.8) is 0 Å². The zero-order chi connectivity index (χ0) is 12.4. The predicted octanol–water partition coefficient (Wildman–Crippen LogP) is 4.16. The summed E-state index contributed by atoms with van der Waals surface area (Å²) in [5.41, 5.74) is 0.311. The Kier molecular flexibility index (Phi) is 4.09. The molecule has 0 amide bonds. The molecule has 1 aliphatic heterocycles. The van der Waals surface area contributed by atoms with Crippen LogP contribution in [-0.2, 0) is 0 Å². The van der Waals surface area contributed by atoms with Crippen LogP contribution < -0.4 is 9.47 Å². The first kappa shape index (κ1) is 12.9. The molecule has 2 rings (SSSR count). The number of benzene rings is 1. The maximum atomic E-state index is 12.6. The SMILES string of the molecule is FC(F)C(Cl)c1cc2c(cc1Br)OCCCO2. The Morgan fingerprint density at radius 1 is 1.18 bits per heavy atom. The summed E-state index contributed by atoms with van der Waals surface area (Å²) < 4.78 is 36.5. The average molecular weight is 328 g/mol. The lowest BCUT2D eigenvalue weighted by molar-refractivity contribution is 0.142. The Labute approximate surface area is 111 Å². The molecule has 1 aromatic carbocycles. The third-order valence-electron chi connectivity index (χ3n) is 2.39. The highest BCUT2D eigenvalue weighted by atomic mass is 79.9. The summed E-state index contributed by atoms with van der Waals surface area (Å²) in [5.74, 6) is 1.02. The fourth-order valence-electron chi connectivity index (χ4n) is 1.55. The topological polar surface area (TPSA) is 18.5 Å². The monoisotopic (exact) mass is 326 g/mol. The largest absolute Gasteiger partial charge is 0.490 e.